The standard InChI is InChI=1S/C23H27N5O3S3/c1-14(2)25-23(32)27-17-8-6-16(7-9-17)22-24-13-20(33-22)19-11-10-18(26-15(3)29)12-21(19)34(30,31)28(4)5/h6-14H,1-5H3,(H,26,29)(H2,25,27,32). The van der Waals surface area contributed by atoms with Gasteiger partial charge in [-0.05, 0) is 62.5 Å². The number of benzene rings is 2. The number of nitrogens with zero attached hydrogens (tertiary/aromatic N) is 2. The van der Waals surface area contributed by atoms with Crippen LogP contribution in [0.2, 0.25) is 0 Å². The summed E-state index contributed by atoms with van der Waals surface area (Å²) in [5.41, 5.74) is 2.69. The first kappa shape index (κ1) is 25.8. The molecule has 1 amide bonds. The number of sulfonamides is 1. The molecule has 0 bridgehead atoms. The van der Waals surface area contributed by atoms with Crippen molar-refractivity contribution in [2.45, 2.75) is 31.7 Å². The Morgan fingerprint density at radius 1 is 1.06 bits per heavy atom. The van der Waals surface area contributed by atoms with Gasteiger partial charge in [0.05, 0.1) is 9.77 Å². The van der Waals surface area contributed by atoms with E-state index in [2.05, 4.69) is 20.9 Å². The summed E-state index contributed by atoms with van der Waals surface area (Å²) in [5, 5.41) is 10.2. The van der Waals surface area contributed by atoms with Crippen molar-refractivity contribution in [2.24, 2.45) is 0 Å². The third-order valence-electron chi connectivity index (χ3n) is 4.64. The molecular formula is C23H27N5O3S3. The average Bonchev–Trinajstić information content (AvgIpc) is 3.23. The van der Waals surface area contributed by atoms with Crippen molar-refractivity contribution in [3.05, 3.63) is 48.7 Å². The molecule has 0 aliphatic heterocycles. The molecule has 0 spiro atoms. The molecule has 0 atom stereocenters. The first-order chi connectivity index (χ1) is 16.0. The molecule has 8 nitrogen and oxygen atoms in total. The van der Waals surface area contributed by atoms with Gasteiger partial charge in [0.1, 0.15) is 5.01 Å². The van der Waals surface area contributed by atoms with Crippen molar-refractivity contribution in [2.75, 3.05) is 24.7 Å². The molecule has 0 saturated carbocycles. The van der Waals surface area contributed by atoms with Crippen molar-refractivity contribution < 1.29 is 13.2 Å². The minimum absolute atomic E-state index is 0.102. The van der Waals surface area contributed by atoms with Crippen molar-refractivity contribution in [1.29, 1.82) is 0 Å². The molecule has 3 N–H and O–H groups in total. The van der Waals surface area contributed by atoms with Gasteiger partial charge < -0.3 is 16.0 Å². The van der Waals surface area contributed by atoms with E-state index in [4.69, 9.17) is 12.2 Å². The highest BCUT2D eigenvalue weighted by atomic mass is 32.2. The second kappa shape index (κ2) is 10.6. The number of hydrogen-bond donors (Lipinski definition) is 3. The number of carbonyl (C=O) groups excluding carboxylic acids is 1. The highest BCUT2D eigenvalue weighted by Gasteiger charge is 2.24. The maximum Gasteiger partial charge on any atom is 0.243 e. The van der Waals surface area contributed by atoms with Gasteiger partial charge in [-0.15, -0.1) is 11.3 Å². The fourth-order valence-corrected chi connectivity index (χ4v) is 5.58. The van der Waals surface area contributed by atoms with E-state index in [1.165, 1.54) is 38.4 Å². The van der Waals surface area contributed by atoms with Crippen LogP contribution in [-0.2, 0) is 14.8 Å². The molecule has 0 aliphatic carbocycles. The third kappa shape index (κ3) is 6.17. The van der Waals surface area contributed by atoms with Crippen molar-refractivity contribution in [3.8, 4) is 21.0 Å². The molecule has 3 rings (SSSR count). The Bertz CT molecular complexity index is 1300. The topological polar surface area (TPSA) is 103 Å². The molecule has 3 aromatic rings. The first-order valence-corrected chi connectivity index (χ1v) is 13.1. The van der Waals surface area contributed by atoms with Crippen LogP contribution in [-0.4, -0.2) is 48.9 Å². The first-order valence-electron chi connectivity index (χ1n) is 10.5. The Morgan fingerprint density at radius 2 is 1.71 bits per heavy atom. The molecule has 11 heteroatoms. The highest BCUT2D eigenvalue weighted by molar-refractivity contribution is 7.89. The van der Waals surface area contributed by atoms with E-state index >= 15 is 0 Å². The molecule has 0 aliphatic rings. The lowest BCUT2D eigenvalue weighted by Crippen LogP contribution is -2.33. The van der Waals surface area contributed by atoms with Gasteiger partial charge in [-0.1, -0.05) is 6.07 Å². The number of carbonyl (C=O) groups is 1. The lowest BCUT2D eigenvalue weighted by Gasteiger charge is -2.16. The summed E-state index contributed by atoms with van der Waals surface area (Å²) < 4.78 is 27.2. The molecule has 0 radical (unpaired) electrons. The number of amides is 1. The zero-order chi connectivity index (χ0) is 25.0. The van der Waals surface area contributed by atoms with E-state index < -0.39 is 10.0 Å². The molecular weight excluding hydrogens is 490 g/mol. The largest absolute Gasteiger partial charge is 0.360 e. The molecule has 180 valence electrons. The van der Waals surface area contributed by atoms with Gasteiger partial charge in [0, 0.05) is 55.8 Å². The van der Waals surface area contributed by atoms with E-state index in [1.807, 2.05) is 38.1 Å². The van der Waals surface area contributed by atoms with Gasteiger partial charge >= 0.3 is 0 Å². The Morgan fingerprint density at radius 3 is 2.29 bits per heavy atom. The number of thiocarbonyl (C=S) groups is 1. The second-order valence-electron chi connectivity index (χ2n) is 8.04. The van der Waals surface area contributed by atoms with E-state index in [0.717, 1.165) is 20.6 Å². The monoisotopic (exact) mass is 517 g/mol. The van der Waals surface area contributed by atoms with Gasteiger partial charge in [-0.3, -0.25) is 4.79 Å². The van der Waals surface area contributed by atoms with Crippen LogP contribution in [0.5, 0.6) is 0 Å². The van der Waals surface area contributed by atoms with Gasteiger partial charge in [0.25, 0.3) is 0 Å². The van der Waals surface area contributed by atoms with Gasteiger partial charge in [-0.2, -0.15) is 0 Å². The summed E-state index contributed by atoms with van der Waals surface area (Å²) in [5.74, 6) is -0.278. The summed E-state index contributed by atoms with van der Waals surface area (Å²) in [4.78, 5) is 16.8. The van der Waals surface area contributed by atoms with Crippen LogP contribution in [0.4, 0.5) is 11.4 Å². The Balaban J connectivity index is 1.92. The van der Waals surface area contributed by atoms with Crippen molar-refractivity contribution >= 4 is 56.0 Å². The second-order valence-corrected chi connectivity index (χ2v) is 11.6. The number of thiazole rings is 1. The summed E-state index contributed by atoms with van der Waals surface area (Å²) in [6, 6.07) is 12.8. The number of aromatic nitrogens is 1. The number of hydrogen-bond acceptors (Lipinski definition) is 6. The Labute approximate surface area is 209 Å². The van der Waals surface area contributed by atoms with Crippen LogP contribution in [0, 0.1) is 0 Å². The van der Waals surface area contributed by atoms with E-state index in [-0.39, 0.29) is 16.8 Å². The predicted octanol–water partition coefficient (Wildman–Crippen LogP) is 4.38. The SMILES string of the molecule is CC(=O)Nc1ccc(-c2cnc(-c3ccc(NC(=S)NC(C)C)cc3)s2)c(S(=O)(=O)N(C)C)c1. The molecule has 0 unspecified atom stereocenters. The molecule has 2 aromatic carbocycles. The summed E-state index contributed by atoms with van der Waals surface area (Å²) in [7, 11) is -0.816. The summed E-state index contributed by atoms with van der Waals surface area (Å²) in [6.07, 6.45) is 1.66. The molecule has 0 fully saturated rings. The van der Waals surface area contributed by atoms with E-state index in [1.54, 1.807) is 18.3 Å². The van der Waals surface area contributed by atoms with Crippen LogP contribution in [0.3, 0.4) is 0 Å². The van der Waals surface area contributed by atoms with E-state index in [9.17, 15) is 13.2 Å². The Hall–Kier alpha value is -2.86. The van der Waals surface area contributed by atoms with Crippen molar-refractivity contribution in [1.82, 2.24) is 14.6 Å². The fraction of sp³-hybridized carbons (Fsp3) is 0.261. The number of nitrogens with one attached hydrogen (secondary N) is 3. The average molecular weight is 518 g/mol. The third-order valence-corrected chi connectivity index (χ3v) is 7.80. The van der Waals surface area contributed by atoms with Gasteiger partial charge in [0.2, 0.25) is 15.9 Å². The van der Waals surface area contributed by atoms with Crippen LogP contribution in [0.1, 0.15) is 20.8 Å². The minimum atomic E-state index is -3.76. The Kier molecular flexibility index (Phi) is 8.03. The maximum atomic E-state index is 13.0. The van der Waals surface area contributed by atoms with Crippen LogP contribution in [0.15, 0.2) is 53.6 Å². The van der Waals surface area contributed by atoms with Crippen LogP contribution < -0.4 is 16.0 Å². The molecule has 1 aromatic heterocycles. The lowest BCUT2D eigenvalue weighted by molar-refractivity contribution is -0.114. The fourth-order valence-electron chi connectivity index (χ4n) is 3.07. The summed E-state index contributed by atoms with van der Waals surface area (Å²) >= 11 is 6.67. The number of anilines is 2. The smallest absolute Gasteiger partial charge is 0.243 e. The van der Waals surface area contributed by atoms with Gasteiger partial charge in [0.15, 0.2) is 5.11 Å². The predicted molar refractivity (Wildman–Crippen MR) is 143 cm³/mol. The van der Waals surface area contributed by atoms with Crippen LogP contribution >= 0.6 is 23.6 Å². The van der Waals surface area contributed by atoms with Crippen molar-refractivity contribution in [3.63, 3.8) is 0 Å². The minimum Gasteiger partial charge on any atom is -0.360 e. The molecule has 1 heterocycles. The zero-order valence-electron chi connectivity index (χ0n) is 19.5. The van der Waals surface area contributed by atoms with Crippen LogP contribution in [0.25, 0.3) is 21.0 Å². The number of rotatable bonds is 7. The van der Waals surface area contributed by atoms with Gasteiger partial charge in [-0.25, -0.2) is 17.7 Å². The molecule has 34 heavy (non-hydrogen) atoms. The lowest BCUT2D eigenvalue weighted by atomic mass is 10.2. The normalized spacial score (nSPS) is 11.5. The van der Waals surface area contributed by atoms with E-state index in [0.29, 0.717) is 21.2 Å². The maximum absolute atomic E-state index is 13.0. The zero-order valence-corrected chi connectivity index (χ0v) is 22.0. The summed E-state index contributed by atoms with van der Waals surface area (Å²) in [6.45, 7) is 5.40. The molecule has 0 saturated heterocycles. The highest BCUT2D eigenvalue weighted by Crippen LogP contribution is 2.37. The quantitative estimate of drug-likeness (QED) is 0.400.